The van der Waals surface area contributed by atoms with E-state index >= 15 is 0 Å². The molecule has 0 amide bonds. The molecule has 0 bridgehead atoms. The Hall–Kier alpha value is -1.62. The van der Waals surface area contributed by atoms with Gasteiger partial charge in [-0.2, -0.15) is 0 Å². The number of thiocarbonyl (C=S) groups is 1. The van der Waals surface area contributed by atoms with E-state index in [9.17, 15) is 4.79 Å². The van der Waals surface area contributed by atoms with E-state index in [0.29, 0.717) is 6.42 Å². The van der Waals surface area contributed by atoms with Crippen LogP contribution in [0, 0.1) is 0 Å². The summed E-state index contributed by atoms with van der Waals surface area (Å²) in [5.41, 5.74) is 1.18. The molecule has 1 aliphatic rings. The van der Waals surface area contributed by atoms with Crippen molar-refractivity contribution >= 4 is 23.4 Å². The van der Waals surface area contributed by atoms with E-state index in [4.69, 9.17) is 21.7 Å². The second-order valence-electron chi connectivity index (χ2n) is 3.99. The minimum absolute atomic E-state index is 0.0171. The molecular weight excluding hydrogens is 252 g/mol. The Labute approximate surface area is 111 Å². The van der Waals surface area contributed by atoms with Gasteiger partial charge in [0.25, 0.3) is 0 Å². The van der Waals surface area contributed by atoms with Crippen molar-refractivity contribution in [3.05, 3.63) is 35.9 Å². The second-order valence-corrected chi connectivity index (χ2v) is 4.33. The summed E-state index contributed by atoms with van der Waals surface area (Å²) in [7, 11) is 1.32. The monoisotopic (exact) mass is 266 g/mol. The van der Waals surface area contributed by atoms with Crippen molar-refractivity contribution in [2.24, 2.45) is 0 Å². The van der Waals surface area contributed by atoms with E-state index in [-0.39, 0.29) is 11.3 Å². The summed E-state index contributed by atoms with van der Waals surface area (Å²) >= 11 is 4.82. The molecule has 2 rings (SSSR count). The van der Waals surface area contributed by atoms with E-state index in [1.54, 1.807) is 0 Å². The summed E-state index contributed by atoms with van der Waals surface area (Å²) in [5, 5.41) is 0.0171. The van der Waals surface area contributed by atoms with Crippen LogP contribution in [-0.4, -0.2) is 30.5 Å². The minimum atomic E-state index is -0.744. The van der Waals surface area contributed by atoms with Crippen LogP contribution in [0.5, 0.6) is 0 Å². The third-order valence-corrected chi connectivity index (χ3v) is 2.99. The predicted octanol–water partition coefficient (Wildman–Crippen LogP) is 1.86. The largest absolute Gasteiger partial charge is 0.466 e. The number of hydrogen-bond donors (Lipinski definition) is 0. The zero-order valence-electron chi connectivity index (χ0n) is 10.00. The zero-order chi connectivity index (χ0) is 13.0. The number of ether oxygens (including phenoxy) is 3. The topological polar surface area (TPSA) is 44.8 Å². The fourth-order valence-corrected chi connectivity index (χ4v) is 2.10. The molecule has 0 N–H and O–H groups in total. The average Bonchev–Trinajstić information content (AvgIpc) is 2.78. The number of benzene rings is 1. The van der Waals surface area contributed by atoms with Crippen LogP contribution in [0.3, 0.4) is 0 Å². The van der Waals surface area contributed by atoms with Gasteiger partial charge in [-0.05, 0) is 18.4 Å². The summed E-state index contributed by atoms with van der Waals surface area (Å²) in [4.78, 5) is 11.5. The van der Waals surface area contributed by atoms with Crippen LogP contribution in [0.4, 0.5) is 0 Å². The maximum atomic E-state index is 11.5. The quantitative estimate of drug-likeness (QED) is 0.615. The first-order valence-electron chi connectivity index (χ1n) is 5.69. The maximum absolute atomic E-state index is 11.5. The van der Waals surface area contributed by atoms with Crippen molar-refractivity contribution in [2.75, 3.05) is 7.11 Å². The van der Waals surface area contributed by atoms with Crippen molar-refractivity contribution in [3.8, 4) is 0 Å². The number of carbonyl (C=O) groups excluding carboxylic acids is 1. The summed E-state index contributed by atoms with van der Waals surface area (Å²) < 4.78 is 15.1. The lowest BCUT2D eigenvalue weighted by molar-refractivity contribution is -0.150. The zero-order valence-corrected chi connectivity index (χ0v) is 10.8. The van der Waals surface area contributed by atoms with Gasteiger partial charge in [0.1, 0.15) is 0 Å². The third kappa shape index (κ3) is 2.98. The van der Waals surface area contributed by atoms with E-state index in [0.717, 1.165) is 6.42 Å². The van der Waals surface area contributed by atoms with Crippen molar-refractivity contribution in [2.45, 2.75) is 25.0 Å². The minimum Gasteiger partial charge on any atom is -0.466 e. The van der Waals surface area contributed by atoms with Gasteiger partial charge in [0, 0.05) is 12.2 Å². The van der Waals surface area contributed by atoms with Crippen LogP contribution in [-0.2, 0) is 25.4 Å². The van der Waals surface area contributed by atoms with Crippen LogP contribution in [0.2, 0.25) is 0 Å². The average molecular weight is 266 g/mol. The summed E-state index contributed by atoms with van der Waals surface area (Å²) in [6.07, 6.45) is 0.339. The van der Waals surface area contributed by atoms with Gasteiger partial charge >= 0.3 is 11.2 Å². The molecule has 0 aromatic heterocycles. The predicted molar refractivity (Wildman–Crippen MR) is 69.1 cm³/mol. The summed E-state index contributed by atoms with van der Waals surface area (Å²) in [6.45, 7) is 0. The fourth-order valence-electron chi connectivity index (χ4n) is 1.87. The lowest BCUT2D eigenvalue weighted by Crippen LogP contribution is -2.32. The van der Waals surface area contributed by atoms with Gasteiger partial charge in [0.2, 0.25) is 6.10 Å². The number of esters is 1. The van der Waals surface area contributed by atoms with Crippen LogP contribution < -0.4 is 0 Å². The Balaban J connectivity index is 1.95. The van der Waals surface area contributed by atoms with E-state index in [1.165, 1.54) is 12.7 Å². The Kier molecular flexibility index (Phi) is 4.15. The molecule has 2 unspecified atom stereocenters. The first-order chi connectivity index (χ1) is 8.70. The van der Waals surface area contributed by atoms with Gasteiger partial charge in [-0.25, -0.2) is 4.79 Å². The molecule has 1 aliphatic heterocycles. The molecule has 96 valence electrons. The van der Waals surface area contributed by atoms with E-state index in [1.807, 2.05) is 30.3 Å². The molecule has 0 radical (unpaired) electrons. The second kappa shape index (κ2) is 5.82. The van der Waals surface area contributed by atoms with E-state index in [2.05, 4.69) is 4.74 Å². The lowest BCUT2D eigenvalue weighted by Gasteiger charge is -2.13. The normalized spacial score (nSPS) is 22.2. The molecule has 2 atom stereocenters. The number of aryl methyl sites for hydroxylation is 1. The summed E-state index contributed by atoms with van der Waals surface area (Å²) in [6, 6.07) is 9.97. The van der Waals surface area contributed by atoms with Gasteiger partial charge in [0.15, 0.2) is 6.10 Å². The maximum Gasteiger partial charge on any atom is 0.353 e. The van der Waals surface area contributed by atoms with Gasteiger partial charge in [-0.3, -0.25) is 0 Å². The van der Waals surface area contributed by atoms with Crippen LogP contribution >= 0.6 is 12.2 Å². The van der Waals surface area contributed by atoms with Crippen molar-refractivity contribution in [3.63, 3.8) is 0 Å². The molecule has 5 heteroatoms. The Morgan fingerprint density at radius 2 is 2.06 bits per heavy atom. The van der Waals surface area contributed by atoms with Gasteiger partial charge in [0.05, 0.1) is 7.11 Å². The van der Waals surface area contributed by atoms with Crippen molar-refractivity contribution in [1.82, 2.24) is 0 Å². The first kappa shape index (κ1) is 12.8. The molecule has 1 heterocycles. The molecule has 0 spiro atoms. The van der Waals surface area contributed by atoms with Crippen molar-refractivity contribution < 1.29 is 19.0 Å². The molecule has 1 saturated heterocycles. The summed E-state index contributed by atoms with van der Waals surface area (Å²) in [5.74, 6) is -0.451. The van der Waals surface area contributed by atoms with Gasteiger partial charge < -0.3 is 14.2 Å². The highest BCUT2D eigenvalue weighted by Gasteiger charge is 2.40. The molecule has 1 aromatic carbocycles. The Morgan fingerprint density at radius 1 is 1.33 bits per heavy atom. The molecular formula is C13H14O4S. The fraction of sp³-hybridized carbons (Fsp3) is 0.385. The first-order valence-corrected chi connectivity index (χ1v) is 6.10. The van der Waals surface area contributed by atoms with Gasteiger partial charge in [-0.15, -0.1) is 0 Å². The Morgan fingerprint density at radius 3 is 2.72 bits per heavy atom. The molecule has 0 saturated carbocycles. The number of carbonyl (C=O) groups is 1. The molecule has 18 heavy (non-hydrogen) atoms. The molecule has 1 aromatic rings. The highest BCUT2D eigenvalue weighted by Crippen LogP contribution is 2.21. The van der Waals surface area contributed by atoms with Crippen molar-refractivity contribution in [1.29, 1.82) is 0 Å². The SMILES string of the molecule is COC(=O)C1OC(=S)OC1CCc1ccccc1. The van der Waals surface area contributed by atoms with Gasteiger partial charge in [-0.1, -0.05) is 30.3 Å². The molecule has 0 aliphatic carbocycles. The van der Waals surface area contributed by atoms with E-state index < -0.39 is 12.1 Å². The number of hydrogen-bond acceptors (Lipinski definition) is 5. The highest BCUT2D eigenvalue weighted by molar-refractivity contribution is 7.79. The van der Waals surface area contributed by atoms with Crippen LogP contribution in [0.25, 0.3) is 0 Å². The standard InChI is InChI=1S/C13H14O4S/c1-15-12(14)11-10(16-13(18)17-11)8-7-9-5-3-2-4-6-9/h2-6,10-11H,7-8H2,1H3. The highest BCUT2D eigenvalue weighted by atomic mass is 32.1. The number of methoxy groups -OCH3 is 1. The smallest absolute Gasteiger partial charge is 0.353 e. The number of rotatable bonds is 4. The third-order valence-electron chi connectivity index (χ3n) is 2.80. The van der Waals surface area contributed by atoms with Crippen LogP contribution in [0.15, 0.2) is 30.3 Å². The molecule has 1 fully saturated rings. The van der Waals surface area contributed by atoms with Crippen LogP contribution in [0.1, 0.15) is 12.0 Å². The Bertz CT molecular complexity index is 432. The lowest BCUT2D eigenvalue weighted by atomic mass is 10.0. The molecule has 4 nitrogen and oxygen atoms in total.